The zero-order valence-electron chi connectivity index (χ0n) is 14.8. The number of morpholine rings is 1. The second-order valence-electron chi connectivity index (χ2n) is 6.93. The molecule has 0 aliphatic carbocycles. The van der Waals surface area contributed by atoms with Crippen molar-refractivity contribution in [3.63, 3.8) is 0 Å². The summed E-state index contributed by atoms with van der Waals surface area (Å²) in [5, 5.41) is 20.9. The second-order valence-corrected chi connectivity index (χ2v) is 6.93. The average Bonchev–Trinajstić information content (AvgIpc) is 2.58. The molecule has 0 radical (unpaired) electrons. The quantitative estimate of drug-likeness (QED) is 0.529. The average molecular weight is 340 g/mol. The third-order valence-corrected chi connectivity index (χ3v) is 5.08. The number of nitrogens with zero attached hydrogens (tertiary/aromatic N) is 2. The van der Waals surface area contributed by atoms with Gasteiger partial charge in [0.25, 0.3) is 0 Å². The van der Waals surface area contributed by atoms with Crippen LogP contribution in [-0.2, 0) is 9.53 Å². The van der Waals surface area contributed by atoms with Gasteiger partial charge in [-0.3, -0.25) is 9.69 Å². The van der Waals surface area contributed by atoms with Gasteiger partial charge in [-0.05, 0) is 12.8 Å². The van der Waals surface area contributed by atoms with Crippen LogP contribution in [0.2, 0.25) is 0 Å². The third-order valence-electron chi connectivity index (χ3n) is 5.08. The van der Waals surface area contributed by atoms with E-state index < -0.39 is 11.7 Å². The Bertz CT molecular complexity index is 423. The van der Waals surface area contributed by atoms with Gasteiger partial charge >= 0.3 is 0 Å². The fourth-order valence-electron chi connectivity index (χ4n) is 3.33. The molecule has 2 fully saturated rings. The molecule has 0 saturated carbocycles. The van der Waals surface area contributed by atoms with Crippen LogP contribution >= 0.6 is 0 Å². The Morgan fingerprint density at radius 2 is 2.04 bits per heavy atom. The Kier molecular flexibility index (Phi) is 7.68. The van der Waals surface area contributed by atoms with Crippen LogP contribution < -0.4 is 0 Å². The SMILES string of the molecule is CCCCC[C@]1(O)CCN(C(=O)/C=C/CN2CCOCC2)C[C@@H]1O. The lowest BCUT2D eigenvalue weighted by Gasteiger charge is -2.42. The second kappa shape index (κ2) is 9.51. The van der Waals surface area contributed by atoms with Crippen molar-refractivity contribution in [2.45, 2.75) is 50.7 Å². The van der Waals surface area contributed by atoms with E-state index in [1.54, 1.807) is 11.0 Å². The van der Waals surface area contributed by atoms with Gasteiger partial charge in [0.05, 0.1) is 18.8 Å². The highest BCUT2D eigenvalue weighted by atomic mass is 16.5. The first-order chi connectivity index (χ1) is 11.5. The molecule has 24 heavy (non-hydrogen) atoms. The number of piperidine rings is 1. The minimum atomic E-state index is -1.04. The molecule has 2 aliphatic rings. The van der Waals surface area contributed by atoms with Gasteiger partial charge in [0.15, 0.2) is 0 Å². The maximum atomic E-state index is 12.3. The summed E-state index contributed by atoms with van der Waals surface area (Å²) in [6.45, 7) is 6.85. The van der Waals surface area contributed by atoms with E-state index in [0.717, 1.165) is 52.1 Å². The molecule has 2 N–H and O–H groups in total. The summed E-state index contributed by atoms with van der Waals surface area (Å²) >= 11 is 0. The number of β-amino-alcohol motifs (C(OH)–C–C–N with tert-alkyl or cyclic N) is 1. The first kappa shape index (κ1) is 19.4. The Morgan fingerprint density at radius 3 is 2.71 bits per heavy atom. The summed E-state index contributed by atoms with van der Waals surface area (Å²) in [6.07, 6.45) is 6.72. The van der Waals surface area contributed by atoms with Crippen molar-refractivity contribution < 1.29 is 19.7 Å². The van der Waals surface area contributed by atoms with Gasteiger partial charge in [-0.2, -0.15) is 0 Å². The predicted molar refractivity (Wildman–Crippen MR) is 92.7 cm³/mol. The lowest BCUT2D eigenvalue weighted by molar-refractivity contribution is -0.146. The van der Waals surface area contributed by atoms with Crippen molar-refractivity contribution in [3.05, 3.63) is 12.2 Å². The number of unbranched alkanes of at least 4 members (excludes halogenated alkanes) is 2. The number of carbonyl (C=O) groups excluding carboxylic acids is 1. The third kappa shape index (κ3) is 5.55. The smallest absolute Gasteiger partial charge is 0.246 e. The summed E-state index contributed by atoms with van der Waals surface area (Å²) in [5.74, 6) is -0.0853. The predicted octanol–water partition coefficient (Wildman–Crippen LogP) is 0.779. The largest absolute Gasteiger partial charge is 0.388 e. The van der Waals surface area contributed by atoms with Gasteiger partial charge in [0.1, 0.15) is 6.10 Å². The highest BCUT2D eigenvalue weighted by Gasteiger charge is 2.40. The van der Waals surface area contributed by atoms with E-state index in [-0.39, 0.29) is 12.5 Å². The van der Waals surface area contributed by atoms with Crippen molar-refractivity contribution in [3.8, 4) is 0 Å². The molecule has 2 atom stereocenters. The first-order valence-electron chi connectivity index (χ1n) is 9.21. The van der Waals surface area contributed by atoms with E-state index in [4.69, 9.17) is 4.74 Å². The maximum Gasteiger partial charge on any atom is 0.246 e. The van der Waals surface area contributed by atoms with Gasteiger partial charge < -0.3 is 19.8 Å². The van der Waals surface area contributed by atoms with Crippen LogP contribution in [0, 0.1) is 0 Å². The number of carbonyl (C=O) groups is 1. The zero-order chi connectivity index (χ0) is 17.4. The lowest BCUT2D eigenvalue weighted by atomic mass is 9.84. The standard InChI is InChI=1S/C18H32N2O4/c1-2-3-4-7-18(23)8-10-20(15-16(18)21)17(22)6-5-9-19-11-13-24-14-12-19/h5-6,16,21,23H,2-4,7-15H2,1H3/b6-5+/t16-,18-/m0/s1. The molecule has 0 aromatic heterocycles. The summed E-state index contributed by atoms with van der Waals surface area (Å²) in [5.41, 5.74) is -1.04. The van der Waals surface area contributed by atoms with Crippen molar-refractivity contribution in [1.29, 1.82) is 0 Å². The van der Waals surface area contributed by atoms with Crippen LogP contribution in [0.4, 0.5) is 0 Å². The fraction of sp³-hybridized carbons (Fsp3) is 0.833. The molecule has 0 spiro atoms. The molecule has 2 saturated heterocycles. The minimum absolute atomic E-state index is 0.0853. The van der Waals surface area contributed by atoms with Gasteiger partial charge in [0.2, 0.25) is 5.91 Å². The van der Waals surface area contributed by atoms with Crippen LogP contribution in [0.15, 0.2) is 12.2 Å². The highest BCUT2D eigenvalue weighted by Crippen LogP contribution is 2.28. The summed E-state index contributed by atoms with van der Waals surface area (Å²) in [6, 6.07) is 0. The Balaban J connectivity index is 1.76. The molecule has 0 aromatic rings. The maximum absolute atomic E-state index is 12.3. The van der Waals surface area contributed by atoms with Crippen molar-refractivity contribution >= 4 is 5.91 Å². The number of hydrogen-bond acceptors (Lipinski definition) is 5. The van der Waals surface area contributed by atoms with Crippen LogP contribution in [0.3, 0.4) is 0 Å². The van der Waals surface area contributed by atoms with Crippen molar-refractivity contribution in [2.24, 2.45) is 0 Å². The van der Waals surface area contributed by atoms with Gasteiger partial charge in [-0.25, -0.2) is 0 Å². The van der Waals surface area contributed by atoms with Crippen LogP contribution in [0.25, 0.3) is 0 Å². The molecule has 1 amide bonds. The molecular formula is C18H32N2O4. The Hall–Kier alpha value is -0.950. The van der Waals surface area contributed by atoms with E-state index in [0.29, 0.717) is 19.4 Å². The number of aliphatic hydroxyl groups excluding tert-OH is 1. The van der Waals surface area contributed by atoms with E-state index in [2.05, 4.69) is 11.8 Å². The summed E-state index contributed by atoms with van der Waals surface area (Å²) in [4.78, 5) is 16.1. The summed E-state index contributed by atoms with van der Waals surface area (Å²) < 4.78 is 5.30. The molecule has 2 heterocycles. The number of amides is 1. The molecule has 0 aromatic carbocycles. The molecular weight excluding hydrogens is 308 g/mol. The molecule has 0 bridgehead atoms. The normalized spacial score (nSPS) is 29.3. The summed E-state index contributed by atoms with van der Waals surface area (Å²) in [7, 11) is 0. The van der Waals surface area contributed by atoms with Crippen molar-refractivity contribution in [1.82, 2.24) is 9.80 Å². The van der Waals surface area contributed by atoms with E-state index in [9.17, 15) is 15.0 Å². The monoisotopic (exact) mass is 340 g/mol. The van der Waals surface area contributed by atoms with Crippen molar-refractivity contribution in [2.75, 3.05) is 45.9 Å². The number of likely N-dealkylation sites (tertiary alicyclic amines) is 1. The molecule has 6 nitrogen and oxygen atoms in total. The Morgan fingerprint density at radius 1 is 1.29 bits per heavy atom. The lowest BCUT2D eigenvalue weighted by Crippen LogP contribution is -2.56. The van der Waals surface area contributed by atoms with Crippen LogP contribution in [-0.4, -0.2) is 83.6 Å². The topological polar surface area (TPSA) is 73.2 Å². The molecule has 2 rings (SSSR count). The Labute approximate surface area is 145 Å². The van der Waals surface area contributed by atoms with Gasteiger partial charge in [0, 0.05) is 38.8 Å². The molecule has 138 valence electrons. The number of aliphatic hydroxyl groups is 2. The molecule has 2 aliphatic heterocycles. The van der Waals surface area contributed by atoms with Gasteiger partial charge in [-0.1, -0.05) is 32.3 Å². The zero-order valence-corrected chi connectivity index (χ0v) is 14.8. The van der Waals surface area contributed by atoms with E-state index in [1.807, 2.05) is 6.08 Å². The number of hydrogen-bond donors (Lipinski definition) is 2. The molecule has 6 heteroatoms. The fourth-order valence-corrected chi connectivity index (χ4v) is 3.33. The highest BCUT2D eigenvalue weighted by molar-refractivity contribution is 5.87. The number of rotatable bonds is 7. The number of ether oxygens (including phenoxy) is 1. The van der Waals surface area contributed by atoms with Gasteiger partial charge in [-0.15, -0.1) is 0 Å². The first-order valence-corrected chi connectivity index (χ1v) is 9.21. The van der Waals surface area contributed by atoms with Crippen LogP contribution in [0.5, 0.6) is 0 Å². The molecule has 0 unspecified atom stereocenters. The van der Waals surface area contributed by atoms with E-state index >= 15 is 0 Å². The van der Waals surface area contributed by atoms with E-state index in [1.165, 1.54) is 0 Å². The van der Waals surface area contributed by atoms with Crippen LogP contribution in [0.1, 0.15) is 39.0 Å². The minimum Gasteiger partial charge on any atom is -0.388 e.